The van der Waals surface area contributed by atoms with Gasteiger partial charge in [0, 0.05) is 0 Å². The van der Waals surface area contributed by atoms with E-state index in [1.807, 2.05) is 6.08 Å². The van der Waals surface area contributed by atoms with Crippen LogP contribution < -0.4 is 0 Å². The monoisotopic (exact) mass is 274 g/mol. The van der Waals surface area contributed by atoms with Crippen LogP contribution in [0.3, 0.4) is 0 Å². The third-order valence-electron chi connectivity index (χ3n) is 4.80. The van der Waals surface area contributed by atoms with Crippen molar-refractivity contribution in [2.24, 2.45) is 17.8 Å². The molecule has 0 aromatic rings. The maximum absolute atomic E-state index is 8.97. The van der Waals surface area contributed by atoms with E-state index in [0.29, 0.717) is 0 Å². The van der Waals surface area contributed by atoms with Gasteiger partial charge >= 0.3 is 110 Å². The van der Waals surface area contributed by atoms with Gasteiger partial charge < -0.3 is 0 Å². The Morgan fingerprint density at radius 2 is 1.95 bits per heavy atom. The summed E-state index contributed by atoms with van der Waals surface area (Å²) in [6, 6.07) is 0. The van der Waals surface area contributed by atoms with Crippen molar-refractivity contribution in [2.45, 2.75) is 58.8 Å². The van der Waals surface area contributed by atoms with Crippen LogP contribution >= 0.6 is 0 Å². The third-order valence-corrected chi connectivity index (χ3v) is 4.80. The van der Waals surface area contributed by atoms with Gasteiger partial charge in [0.1, 0.15) is 0 Å². The first-order chi connectivity index (χ1) is 9.67. The van der Waals surface area contributed by atoms with Crippen LogP contribution in [0.4, 0.5) is 0 Å². The normalized spacial score (nSPS) is 28.6. The Hall–Kier alpha value is -0.855. The number of nitrogens with zero attached hydrogens (tertiary/aromatic N) is 1. The van der Waals surface area contributed by atoms with Crippen molar-refractivity contribution in [3.63, 3.8) is 0 Å². The van der Waals surface area contributed by atoms with Crippen LogP contribution in [0.1, 0.15) is 58.8 Å². The van der Waals surface area contributed by atoms with Crippen LogP contribution in [0.5, 0.6) is 0 Å². The molecule has 2 aliphatic rings. The molecule has 0 amide bonds. The van der Waals surface area contributed by atoms with Crippen LogP contribution in [0.15, 0.2) is 12.3 Å². The fourth-order valence-corrected chi connectivity index (χ4v) is 3.34. The summed E-state index contributed by atoms with van der Waals surface area (Å²) in [6.45, 7) is 5.82. The quantitative estimate of drug-likeness (QED) is 0.604. The second-order valence-corrected chi connectivity index (χ2v) is 6.96. The zero-order valence-corrected chi connectivity index (χ0v) is 13.1. The summed E-state index contributed by atoms with van der Waals surface area (Å²) >= 11 is 0. The standard InChI is InChI=1S/C17H29BNO/c1-14(2)3-4-15-5-7-16(8-6-15)13-19-11-9-17(18-20)10-12-19/h9,11-12,14-16,20H,3-8,10,13H2,1-2H3/q+1. The van der Waals surface area contributed by atoms with E-state index in [1.165, 1.54) is 45.6 Å². The Labute approximate surface area is 124 Å². The molecule has 0 atom stereocenters. The zero-order valence-electron chi connectivity index (χ0n) is 13.1. The van der Waals surface area contributed by atoms with Gasteiger partial charge in [0.15, 0.2) is 0 Å². The van der Waals surface area contributed by atoms with Gasteiger partial charge in [-0.2, -0.15) is 0 Å². The SMILES string of the molecule is CC(C)CCC1CCC(C[N+]2=CC/C(=B/O)C=C2)CC1. The molecule has 20 heavy (non-hydrogen) atoms. The molecule has 1 heterocycles. The van der Waals surface area contributed by atoms with Crippen LogP contribution in [0.2, 0.25) is 0 Å². The van der Waals surface area contributed by atoms with Crippen molar-refractivity contribution < 1.29 is 9.60 Å². The van der Waals surface area contributed by atoms with Crippen molar-refractivity contribution in [3.8, 4) is 0 Å². The van der Waals surface area contributed by atoms with Crippen molar-refractivity contribution in [1.29, 1.82) is 0 Å². The molecule has 0 aromatic heterocycles. The molecule has 1 aliphatic carbocycles. The molecule has 0 aromatic carbocycles. The molecule has 0 radical (unpaired) electrons. The van der Waals surface area contributed by atoms with Crippen molar-refractivity contribution in [2.75, 3.05) is 6.54 Å². The molecule has 3 heteroatoms. The Morgan fingerprint density at radius 1 is 1.25 bits per heavy atom. The molecular formula is C17H29BNO+. The number of allylic oxidation sites excluding steroid dienone is 1. The van der Waals surface area contributed by atoms with Gasteiger partial charge in [0.2, 0.25) is 0 Å². The van der Waals surface area contributed by atoms with E-state index in [1.54, 1.807) is 0 Å². The van der Waals surface area contributed by atoms with E-state index in [4.69, 9.17) is 5.02 Å². The minimum absolute atomic E-state index is 0.853. The van der Waals surface area contributed by atoms with Crippen LogP contribution in [-0.2, 0) is 0 Å². The summed E-state index contributed by atoms with van der Waals surface area (Å²) in [7, 11) is 1.21. The Kier molecular flexibility index (Phi) is 6.06. The fraction of sp³-hybridized carbons (Fsp3) is 0.765. The molecule has 2 rings (SSSR count). The number of hydrogen-bond donors (Lipinski definition) is 1. The Balaban J connectivity index is 1.70. The molecule has 0 saturated heterocycles. The second kappa shape index (κ2) is 7.80. The van der Waals surface area contributed by atoms with E-state index >= 15 is 0 Å². The van der Waals surface area contributed by atoms with Gasteiger partial charge in [-0.15, -0.1) is 0 Å². The summed E-state index contributed by atoms with van der Waals surface area (Å²) in [5.41, 5.74) is 0.999. The summed E-state index contributed by atoms with van der Waals surface area (Å²) < 4.78 is 2.31. The van der Waals surface area contributed by atoms with E-state index in [-0.39, 0.29) is 0 Å². The average molecular weight is 274 g/mol. The van der Waals surface area contributed by atoms with Gasteiger partial charge in [0.25, 0.3) is 0 Å². The van der Waals surface area contributed by atoms with Crippen LogP contribution in [-0.4, -0.2) is 34.9 Å². The van der Waals surface area contributed by atoms with Gasteiger partial charge in [0.05, 0.1) is 0 Å². The molecule has 110 valence electrons. The van der Waals surface area contributed by atoms with E-state index in [9.17, 15) is 0 Å². The van der Waals surface area contributed by atoms with Crippen LogP contribution in [0.25, 0.3) is 0 Å². The van der Waals surface area contributed by atoms with E-state index in [0.717, 1.165) is 36.2 Å². The molecule has 1 saturated carbocycles. The molecule has 0 bridgehead atoms. The van der Waals surface area contributed by atoms with Crippen molar-refractivity contribution in [1.82, 2.24) is 0 Å². The summed E-state index contributed by atoms with van der Waals surface area (Å²) in [6.07, 6.45) is 15.7. The predicted octanol–water partition coefficient (Wildman–Crippen LogP) is 3.01. The van der Waals surface area contributed by atoms with Gasteiger partial charge in [-0.05, 0) is 0 Å². The maximum atomic E-state index is 8.97. The van der Waals surface area contributed by atoms with Gasteiger partial charge in [-0.1, -0.05) is 13.8 Å². The fourth-order valence-electron chi connectivity index (χ4n) is 3.34. The van der Waals surface area contributed by atoms with Crippen molar-refractivity contribution >= 4 is 18.8 Å². The summed E-state index contributed by atoms with van der Waals surface area (Å²) in [5.74, 6) is 2.69. The first kappa shape index (κ1) is 15.5. The van der Waals surface area contributed by atoms with Gasteiger partial charge in [-0.25, -0.2) is 0 Å². The Morgan fingerprint density at radius 3 is 2.50 bits per heavy atom. The van der Waals surface area contributed by atoms with Crippen molar-refractivity contribution in [3.05, 3.63) is 12.3 Å². The Bertz CT molecular complexity index is 390. The van der Waals surface area contributed by atoms with Gasteiger partial charge in [-0.3, -0.25) is 0 Å². The van der Waals surface area contributed by atoms with E-state index < -0.39 is 0 Å². The molecular weight excluding hydrogens is 245 g/mol. The summed E-state index contributed by atoms with van der Waals surface area (Å²) in [5, 5.41) is 8.97. The molecule has 2 nitrogen and oxygen atoms in total. The molecule has 1 N–H and O–H groups in total. The first-order valence-corrected chi connectivity index (χ1v) is 8.28. The minimum atomic E-state index is 0.853. The van der Waals surface area contributed by atoms with Crippen LogP contribution in [0, 0.1) is 17.8 Å². The molecule has 1 aliphatic heterocycles. The first-order valence-electron chi connectivity index (χ1n) is 8.28. The predicted molar refractivity (Wildman–Crippen MR) is 87.4 cm³/mol. The third kappa shape index (κ3) is 4.92. The molecule has 0 unspecified atom stereocenters. The van der Waals surface area contributed by atoms with E-state index in [2.05, 4.69) is 30.8 Å². The number of hydrogen-bond acceptors (Lipinski definition) is 1. The zero-order chi connectivity index (χ0) is 14.4. The number of rotatable bonds is 5. The summed E-state index contributed by atoms with van der Waals surface area (Å²) in [4.78, 5) is 0. The topological polar surface area (TPSA) is 23.2 Å². The molecule has 1 fully saturated rings. The average Bonchev–Trinajstić information content (AvgIpc) is 2.47. The second-order valence-electron chi connectivity index (χ2n) is 6.96. The molecule has 0 spiro atoms.